The summed E-state index contributed by atoms with van der Waals surface area (Å²) < 4.78 is 0. The van der Waals surface area contributed by atoms with Crippen LogP contribution in [0.2, 0.25) is 20.1 Å². The van der Waals surface area contributed by atoms with Crippen molar-refractivity contribution in [1.29, 1.82) is 0 Å². The number of ketones is 1. The van der Waals surface area contributed by atoms with Gasteiger partial charge in [0.05, 0.1) is 5.02 Å². The van der Waals surface area contributed by atoms with Crippen molar-refractivity contribution in [2.24, 2.45) is 0 Å². The Hall–Kier alpha value is -0.730. The first-order valence-corrected chi connectivity index (χ1v) is 6.91. The topological polar surface area (TPSA) is 17.1 Å². The highest BCUT2D eigenvalue weighted by atomic mass is 35.5. The van der Waals surface area contributed by atoms with Crippen molar-refractivity contribution in [3.05, 3.63) is 67.6 Å². The van der Waals surface area contributed by atoms with Crippen LogP contribution in [0.15, 0.2) is 36.4 Å². The molecule has 0 spiro atoms. The van der Waals surface area contributed by atoms with Crippen LogP contribution in [-0.2, 0) is 6.42 Å². The van der Waals surface area contributed by atoms with Gasteiger partial charge in [0, 0.05) is 27.1 Å². The minimum Gasteiger partial charge on any atom is -0.294 e. The van der Waals surface area contributed by atoms with Crippen LogP contribution in [0.5, 0.6) is 0 Å². The highest BCUT2D eigenvalue weighted by Gasteiger charge is 2.14. The van der Waals surface area contributed by atoms with Gasteiger partial charge in [-0.25, -0.2) is 0 Å². The summed E-state index contributed by atoms with van der Waals surface area (Å²) in [6.45, 7) is 0. The minimum atomic E-state index is -0.156. The Morgan fingerprint density at radius 3 is 2.11 bits per heavy atom. The lowest BCUT2D eigenvalue weighted by atomic mass is 10.0. The maximum absolute atomic E-state index is 12.2. The van der Waals surface area contributed by atoms with Gasteiger partial charge < -0.3 is 0 Å². The van der Waals surface area contributed by atoms with Crippen LogP contribution in [-0.4, -0.2) is 5.78 Å². The van der Waals surface area contributed by atoms with Crippen LogP contribution < -0.4 is 0 Å². The van der Waals surface area contributed by atoms with Crippen LogP contribution in [0.4, 0.5) is 0 Å². The predicted molar refractivity (Wildman–Crippen MR) is 81.0 cm³/mol. The van der Waals surface area contributed by atoms with Crippen molar-refractivity contribution >= 4 is 52.2 Å². The predicted octanol–water partition coefficient (Wildman–Crippen LogP) is 5.73. The van der Waals surface area contributed by atoms with Crippen LogP contribution in [0.3, 0.4) is 0 Å². The lowest BCUT2D eigenvalue weighted by Gasteiger charge is -2.06. The molecule has 0 unspecified atom stereocenters. The summed E-state index contributed by atoms with van der Waals surface area (Å²) in [5.41, 5.74) is 1.04. The Kier molecular flexibility index (Phi) is 4.75. The van der Waals surface area contributed by atoms with Crippen molar-refractivity contribution in [3.63, 3.8) is 0 Å². The molecule has 19 heavy (non-hydrogen) atoms. The first-order chi connectivity index (χ1) is 8.97. The van der Waals surface area contributed by atoms with Gasteiger partial charge in [-0.05, 0) is 42.0 Å². The average molecular weight is 334 g/mol. The number of hydrogen-bond donors (Lipinski definition) is 0. The van der Waals surface area contributed by atoms with Crippen LogP contribution in [0.1, 0.15) is 15.9 Å². The maximum atomic E-state index is 12.2. The molecular weight excluding hydrogens is 326 g/mol. The molecule has 0 aliphatic rings. The Balaban J connectivity index is 2.30. The van der Waals surface area contributed by atoms with E-state index in [1.165, 1.54) is 0 Å². The molecular formula is C14H8Cl4O. The second kappa shape index (κ2) is 6.15. The zero-order chi connectivity index (χ0) is 14.0. The number of hydrogen-bond acceptors (Lipinski definition) is 1. The van der Waals surface area contributed by atoms with Crippen molar-refractivity contribution in [2.75, 3.05) is 0 Å². The fourth-order valence-electron chi connectivity index (χ4n) is 1.66. The molecule has 0 amide bonds. The van der Waals surface area contributed by atoms with Gasteiger partial charge in [-0.3, -0.25) is 4.79 Å². The number of Topliss-reactive ketones (excluding diaryl/α,β-unsaturated/α-hetero) is 1. The largest absolute Gasteiger partial charge is 0.294 e. The monoisotopic (exact) mass is 332 g/mol. The smallest absolute Gasteiger partial charge is 0.168 e. The molecule has 0 saturated heterocycles. The Morgan fingerprint density at radius 1 is 0.842 bits per heavy atom. The first kappa shape index (κ1) is 14.7. The van der Waals surface area contributed by atoms with E-state index in [2.05, 4.69) is 0 Å². The van der Waals surface area contributed by atoms with E-state index in [4.69, 9.17) is 46.4 Å². The Labute approximate surface area is 131 Å². The van der Waals surface area contributed by atoms with E-state index in [0.717, 1.165) is 0 Å². The van der Waals surface area contributed by atoms with Gasteiger partial charge in [-0.1, -0.05) is 46.4 Å². The van der Waals surface area contributed by atoms with Crippen LogP contribution in [0.25, 0.3) is 0 Å². The second-order valence-corrected chi connectivity index (χ2v) is 5.65. The molecule has 0 aliphatic carbocycles. The highest BCUT2D eigenvalue weighted by molar-refractivity contribution is 6.36. The minimum absolute atomic E-state index is 0.124. The van der Waals surface area contributed by atoms with E-state index in [-0.39, 0.29) is 12.2 Å². The summed E-state index contributed by atoms with van der Waals surface area (Å²) in [5, 5.41) is 1.86. The molecule has 2 rings (SSSR count). The van der Waals surface area contributed by atoms with Gasteiger partial charge in [0.2, 0.25) is 0 Å². The van der Waals surface area contributed by atoms with E-state index < -0.39 is 0 Å². The molecule has 2 aromatic rings. The zero-order valence-electron chi connectivity index (χ0n) is 9.59. The van der Waals surface area contributed by atoms with Crippen molar-refractivity contribution in [1.82, 2.24) is 0 Å². The summed E-state index contributed by atoms with van der Waals surface area (Å²) in [4.78, 5) is 12.2. The third kappa shape index (κ3) is 3.64. The number of benzene rings is 2. The fourth-order valence-corrected chi connectivity index (χ4v) is 2.43. The molecule has 0 bridgehead atoms. The third-order valence-electron chi connectivity index (χ3n) is 2.59. The van der Waals surface area contributed by atoms with Crippen molar-refractivity contribution in [2.45, 2.75) is 6.42 Å². The standard InChI is InChI=1S/C14H8Cl4O/c15-9-1-3-12(17)8(5-9)6-14(19)11-7-10(16)2-4-13(11)18/h1-5,7H,6H2. The lowest BCUT2D eigenvalue weighted by molar-refractivity contribution is 0.0993. The summed E-state index contributed by atoms with van der Waals surface area (Å²) in [6, 6.07) is 9.77. The van der Waals surface area contributed by atoms with E-state index in [0.29, 0.717) is 31.2 Å². The molecule has 0 heterocycles. The number of carbonyl (C=O) groups is 1. The maximum Gasteiger partial charge on any atom is 0.168 e. The van der Waals surface area contributed by atoms with Crippen molar-refractivity contribution in [3.8, 4) is 0 Å². The molecule has 0 aromatic heterocycles. The molecule has 98 valence electrons. The summed E-state index contributed by atoms with van der Waals surface area (Å²) >= 11 is 23.8. The summed E-state index contributed by atoms with van der Waals surface area (Å²) in [5.74, 6) is -0.156. The van der Waals surface area contributed by atoms with Gasteiger partial charge >= 0.3 is 0 Å². The van der Waals surface area contributed by atoms with E-state index in [1.54, 1.807) is 36.4 Å². The SMILES string of the molecule is O=C(Cc1cc(Cl)ccc1Cl)c1cc(Cl)ccc1Cl. The second-order valence-electron chi connectivity index (χ2n) is 3.96. The first-order valence-electron chi connectivity index (χ1n) is 5.39. The van der Waals surface area contributed by atoms with Crippen molar-refractivity contribution < 1.29 is 4.79 Å². The van der Waals surface area contributed by atoms with Gasteiger partial charge in [0.25, 0.3) is 0 Å². The third-order valence-corrected chi connectivity index (χ3v) is 3.76. The Morgan fingerprint density at radius 2 is 1.42 bits per heavy atom. The molecule has 0 atom stereocenters. The van der Waals surface area contributed by atoms with Gasteiger partial charge in [-0.2, -0.15) is 0 Å². The van der Waals surface area contributed by atoms with Crippen LogP contribution in [0, 0.1) is 0 Å². The van der Waals surface area contributed by atoms with Crippen LogP contribution >= 0.6 is 46.4 Å². The molecule has 1 nitrogen and oxygen atoms in total. The van der Waals surface area contributed by atoms with E-state index >= 15 is 0 Å². The van der Waals surface area contributed by atoms with Gasteiger partial charge in [0.15, 0.2) is 5.78 Å². The number of rotatable bonds is 3. The molecule has 0 fully saturated rings. The number of halogens is 4. The van der Waals surface area contributed by atoms with E-state index in [1.807, 2.05) is 0 Å². The molecule has 0 N–H and O–H groups in total. The molecule has 0 radical (unpaired) electrons. The molecule has 0 saturated carbocycles. The van der Waals surface area contributed by atoms with Gasteiger partial charge in [-0.15, -0.1) is 0 Å². The highest BCUT2D eigenvalue weighted by Crippen LogP contribution is 2.25. The van der Waals surface area contributed by atoms with E-state index in [9.17, 15) is 4.79 Å². The normalized spacial score (nSPS) is 10.5. The fraction of sp³-hybridized carbons (Fsp3) is 0.0714. The lowest BCUT2D eigenvalue weighted by Crippen LogP contribution is -2.05. The molecule has 0 aliphatic heterocycles. The number of carbonyl (C=O) groups excluding carboxylic acids is 1. The quantitative estimate of drug-likeness (QED) is 0.656. The molecule has 5 heteroatoms. The zero-order valence-corrected chi connectivity index (χ0v) is 12.6. The summed E-state index contributed by atoms with van der Waals surface area (Å²) in [7, 11) is 0. The summed E-state index contributed by atoms with van der Waals surface area (Å²) in [6.07, 6.45) is 0.124. The van der Waals surface area contributed by atoms with Gasteiger partial charge in [0.1, 0.15) is 0 Å². The molecule has 2 aromatic carbocycles. The Bertz CT molecular complexity index is 637. The average Bonchev–Trinajstić information content (AvgIpc) is 2.36.